The Balaban J connectivity index is 2.65. The summed E-state index contributed by atoms with van der Waals surface area (Å²) in [6.45, 7) is 0. The third kappa shape index (κ3) is 2.75. The van der Waals surface area contributed by atoms with Crippen LogP contribution < -0.4 is 5.73 Å². The summed E-state index contributed by atoms with van der Waals surface area (Å²) in [5.74, 6) is 0.532. The lowest BCUT2D eigenvalue weighted by molar-refractivity contribution is 0.679. The highest BCUT2D eigenvalue weighted by molar-refractivity contribution is 7.84. The van der Waals surface area contributed by atoms with E-state index in [1.165, 1.54) is 0 Å². The summed E-state index contributed by atoms with van der Waals surface area (Å²) in [5, 5.41) is 0. The van der Waals surface area contributed by atoms with Gasteiger partial charge in [-0.05, 0) is 5.56 Å². The van der Waals surface area contributed by atoms with Crippen LogP contribution in [0.3, 0.4) is 0 Å². The Morgan fingerprint density at radius 2 is 2.00 bits per heavy atom. The first-order valence-electron chi connectivity index (χ1n) is 3.80. The van der Waals surface area contributed by atoms with Crippen LogP contribution in [-0.4, -0.2) is 16.2 Å². The van der Waals surface area contributed by atoms with Crippen LogP contribution in [0.4, 0.5) is 0 Å². The van der Waals surface area contributed by atoms with Gasteiger partial charge in [-0.15, -0.1) is 0 Å². The van der Waals surface area contributed by atoms with Crippen molar-refractivity contribution in [1.29, 1.82) is 0 Å². The first-order chi connectivity index (χ1) is 5.70. The first-order valence-corrected chi connectivity index (χ1v) is 5.53. The average molecular weight is 183 g/mol. The van der Waals surface area contributed by atoms with Crippen molar-refractivity contribution in [3.05, 3.63) is 35.9 Å². The van der Waals surface area contributed by atoms with Gasteiger partial charge in [-0.25, -0.2) is 0 Å². The van der Waals surface area contributed by atoms with E-state index in [0.29, 0.717) is 5.75 Å². The van der Waals surface area contributed by atoms with E-state index < -0.39 is 10.8 Å². The Labute approximate surface area is 75.2 Å². The Bertz CT molecular complexity index is 260. The fraction of sp³-hybridized carbons (Fsp3) is 0.333. The van der Waals surface area contributed by atoms with Crippen molar-refractivity contribution in [2.24, 2.45) is 5.73 Å². The molecule has 0 heterocycles. The molecule has 12 heavy (non-hydrogen) atoms. The van der Waals surface area contributed by atoms with Gasteiger partial charge in [0.05, 0.1) is 0 Å². The monoisotopic (exact) mass is 183 g/mol. The molecule has 0 radical (unpaired) electrons. The van der Waals surface area contributed by atoms with Gasteiger partial charge in [-0.3, -0.25) is 4.21 Å². The molecule has 0 saturated carbocycles. The van der Waals surface area contributed by atoms with E-state index in [1.54, 1.807) is 6.26 Å². The third-order valence-corrected chi connectivity index (χ3v) is 2.47. The summed E-state index contributed by atoms with van der Waals surface area (Å²) in [6.07, 6.45) is 1.67. The van der Waals surface area contributed by atoms with Crippen molar-refractivity contribution < 1.29 is 4.21 Å². The van der Waals surface area contributed by atoms with Crippen LogP contribution in [0.15, 0.2) is 30.3 Å². The average Bonchev–Trinajstić information content (AvgIpc) is 2.05. The highest BCUT2D eigenvalue weighted by atomic mass is 32.2. The molecule has 0 bridgehead atoms. The van der Waals surface area contributed by atoms with Gasteiger partial charge in [-0.1, -0.05) is 30.3 Å². The largest absolute Gasteiger partial charge is 0.323 e. The van der Waals surface area contributed by atoms with Crippen molar-refractivity contribution in [3.8, 4) is 0 Å². The van der Waals surface area contributed by atoms with E-state index in [4.69, 9.17) is 5.73 Å². The first kappa shape index (κ1) is 9.42. The molecule has 0 saturated heterocycles. The molecule has 0 amide bonds. The molecule has 0 unspecified atom stereocenters. The Hall–Kier alpha value is -0.670. The van der Waals surface area contributed by atoms with Gasteiger partial charge in [0.2, 0.25) is 0 Å². The van der Waals surface area contributed by atoms with Gasteiger partial charge >= 0.3 is 0 Å². The number of hydrogen-bond donors (Lipinski definition) is 1. The molecule has 1 rings (SSSR count). The number of benzene rings is 1. The third-order valence-electron chi connectivity index (χ3n) is 1.64. The molecule has 0 aromatic heterocycles. The van der Waals surface area contributed by atoms with E-state index >= 15 is 0 Å². The molecule has 0 aliphatic heterocycles. The van der Waals surface area contributed by atoms with Crippen LogP contribution in [-0.2, 0) is 10.8 Å². The summed E-state index contributed by atoms with van der Waals surface area (Å²) in [5.41, 5.74) is 6.85. The fourth-order valence-electron chi connectivity index (χ4n) is 1.05. The second-order valence-corrected chi connectivity index (χ2v) is 4.24. The molecule has 66 valence electrons. The van der Waals surface area contributed by atoms with Crippen molar-refractivity contribution in [2.75, 3.05) is 12.0 Å². The van der Waals surface area contributed by atoms with E-state index in [-0.39, 0.29) is 6.04 Å². The maximum Gasteiger partial charge on any atom is 0.0425 e. The maximum absolute atomic E-state index is 10.9. The topological polar surface area (TPSA) is 43.1 Å². The van der Waals surface area contributed by atoms with Crippen LogP contribution in [0.5, 0.6) is 0 Å². The minimum absolute atomic E-state index is 0.1000. The quantitative estimate of drug-likeness (QED) is 0.761. The molecule has 0 spiro atoms. The zero-order valence-corrected chi connectivity index (χ0v) is 7.88. The van der Waals surface area contributed by atoms with Crippen LogP contribution >= 0.6 is 0 Å². The van der Waals surface area contributed by atoms with Crippen LogP contribution in [0.2, 0.25) is 0 Å². The van der Waals surface area contributed by atoms with Crippen molar-refractivity contribution in [2.45, 2.75) is 6.04 Å². The Morgan fingerprint density at radius 3 is 2.50 bits per heavy atom. The zero-order chi connectivity index (χ0) is 8.97. The standard InChI is InChI=1S/C9H13NOS/c1-12(11)7-9(10)8-5-3-2-4-6-8/h2-6,9H,7,10H2,1H3/t9-,12+/m0/s1. The second-order valence-electron chi connectivity index (χ2n) is 2.76. The normalized spacial score (nSPS) is 15.5. The Morgan fingerprint density at radius 1 is 1.42 bits per heavy atom. The van der Waals surface area contributed by atoms with Gasteiger partial charge in [0.15, 0.2) is 0 Å². The minimum atomic E-state index is -0.821. The predicted molar refractivity (Wildman–Crippen MR) is 52.3 cm³/mol. The van der Waals surface area contributed by atoms with Crippen LogP contribution in [0, 0.1) is 0 Å². The molecule has 0 aliphatic carbocycles. The summed E-state index contributed by atoms with van der Waals surface area (Å²) >= 11 is 0. The minimum Gasteiger partial charge on any atom is -0.323 e. The Kier molecular flexibility index (Phi) is 3.44. The SMILES string of the molecule is C[S@@](=O)C[C@H](N)c1ccccc1. The van der Waals surface area contributed by atoms with E-state index in [0.717, 1.165) is 5.56 Å². The second kappa shape index (κ2) is 4.38. The molecule has 1 aromatic rings. The molecule has 2 nitrogen and oxygen atoms in total. The van der Waals surface area contributed by atoms with Crippen LogP contribution in [0.25, 0.3) is 0 Å². The fourth-order valence-corrected chi connectivity index (χ4v) is 1.75. The molecule has 1 aromatic carbocycles. The highest BCUT2D eigenvalue weighted by Gasteiger charge is 2.05. The lowest BCUT2D eigenvalue weighted by atomic mass is 10.1. The highest BCUT2D eigenvalue weighted by Crippen LogP contribution is 2.09. The number of nitrogens with two attached hydrogens (primary N) is 1. The van der Waals surface area contributed by atoms with E-state index in [1.807, 2.05) is 30.3 Å². The summed E-state index contributed by atoms with van der Waals surface area (Å²) in [4.78, 5) is 0. The van der Waals surface area contributed by atoms with Gasteiger partial charge in [0, 0.05) is 28.9 Å². The van der Waals surface area contributed by atoms with Gasteiger partial charge < -0.3 is 5.73 Å². The molecule has 0 aliphatic rings. The number of hydrogen-bond acceptors (Lipinski definition) is 2. The van der Waals surface area contributed by atoms with Gasteiger partial charge in [-0.2, -0.15) is 0 Å². The molecule has 0 fully saturated rings. The predicted octanol–water partition coefficient (Wildman–Crippen LogP) is 1.06. The molecule has 2 N–H and O–H groups in total. The van der Waals surface area contributed by atoms with E-state index in [9.17, 15) is 4.21 Å². The van der Waals surface area contributed by atoms with Gasteiger partial charge in [0.1, 0.15) is 0 Å². The lowest BCUT2D eigenvalue weighted by Gasteiger charge is -2.08. The molecule has 2 atom stereocenters. The zero-order valence-electron chi connectivity index (χ0n) is 7.07. The summed E-state index contributed by atoms with van der Waals surface area (Å²) in [6, 6.07) is 9.63. The maximum atomic E-state index is 10.9. The smallest absolute Gasteiger partial charge is 0.0425 e. The molecule has 3 heteroatoms. The van der Waals surface area contributed by atoms with Crippen LogP contribution in [0.1, 0.15) is 11.6 Å². The van der Waals surface area contributed by atoms with Gasteiger partial charge in [0.25, 0.3) is 0 Å². The van der Waals surface area contributed by atoms with Crippen molar-refractivity contribution >= 4 is 10.8 Å². The van der Waals surface area contributed by atoms with Crippen molar-refractivity contribution in [3.63, 3.8) is 0 Å². The lowest BCUT2D eigenvalue weighted by Crippen LogP contribution is -2.17. The molecular weight excluding hydrogens is 170 g/mol. The summed E-state index contributed by atoms with van der Waals surface area (Å²) < 4.78 is 10.9. The molecular formula is C9H13NOS. The summed E-state index contributed by atoms with van der Waals surface area (Å²) in [7, 11) is -0.821. The van der Waals surface area contributed by atoms with E-state index in [2.05, 4.69) is 0 Å². The van der Waals surface area contributed by atoms with Crippen molar-refractivity contribution in [1.82, 2.24) is 0 Å². The number of rotatable bonds is 3.